The van der Waals surface area contributed by atoms with Crippen molar-refractivity contribution >= 4 is 0 Å². The van der Waals surface area contributed by atoms with E-state index in [1.165, 1.54) is 17.3 Å². The van der Waals surface area contributed by atoms with E-state index in [4.69, 9.17) is 10.5 Å². The number of rotatable bonds is 5. The second kappa shape index (κ2) is 6.15. The summed E-state index contributed by atoms with van der Waals surface area (Å²) in [6.45, 7) is 0.314. The maximum atomic E-state index is 12.0. The van der Waals surface area contributed by atoms with Gasteiger partial charge in [-0.25, -0.2) is 4.98 Å². The molecule has 0 aliphatic heterocycles. The Bertz CT molecular complexity index is 574. The molecule has 1 aromatic heterocycles. The van der Waals surface area contributed by atoms with Gasteiger partial charge in [0.05, 0.1) is 30.1 Å². The summed E-state index contributed by atoms with van der Waals surface area (Å²) in [6, 6.07) is 5.74. The molecule has 0 saturated heterocycles. The van der Waals surface area contributed by atoms with Crippen molar-refractivity contribution in [2.24, 2.45) is 5.92 Å². The maximum absolute atomic E-state index is 12.0. The van der Waals surface area contributed by atoms with E-state index in [0.717, 1.165) is 18.5 Å². The fourth-order valence-electron chi connectivity index (χ4n) is 2.18. The number of nitriles is 2. The molecule has 1 aliphatic carbocycles. The zero-order valence-corrected chi connectivity index (χ0v) is 10.7. The molecule has 0 spiro atoms. The minimum absolute atomic E-state index is 0.103. The van der Waals surface area contributed by atoms with Crippen molar-refractivity contribution in [2.45, 2.75) is 44.6 Å². The SMILES string of the molecule is N#CCC[C@H](C#N)Cn1cnc(C2CCC2)cc1=O. The van der Waals surface area contributed by atoms with E-state index < -0.39 is 0 Å². The number of aromatic nitrogens is 2. The van der Waals surface area contributed by atoms with Crippen LogP contribution in [-0.4, -0.2) is 9.55 Å². The van der Waals surface area contributed by atoms with Gasteiger partial charge in [-0.05, 0) is 19.3 Å². The van der Waals surface area contributed by atoms with Crippen LogP contribution >= 0.6 is 0 Å². The van der Waals surface area contributed by atoms with Crippen LogP contribution in [0.4, 0.5) is 0 Å². The second-order valence-corrected chi connectivity index (χ2v) is 4.96. The molecule has 0 aromatic carbocycles. The van der Waals surface area contributed by atoms with Crippen LogP contribution in [0.2, 0.25) is 0 Å². The largest absolute Gasteiger partial charge is 0.298 e. The fourth-order valence-corrected chi connectivity index (χ4v) is 2.18. The third kappa shape index (κ3) is 3.20. The van der Waals surface area contributed by atoms with Gasteiger partial charge in [0, 0.05) is 24.9 Å². The van der Waals surface area contributed by atoms with Crippen molar-refractivity contribution in [2.75, 3.05) is 0 Å². The Balaban J connectivity index is 2.06. The zero-order chi connectivity index (χ0) is 13.7. The topological polar surface area (TPSA) is 82.5 Å². The van der Waals surface area contributed by atoms with E-state index in [0.29, 0.717) is 25.3 Å². The second-order valence-electron chi connectivity index (χ2n) is 4.96. The van der Waals surface area contributed by atoms with Crippen LogP contribution in [0.1, 0.15) is 43.7 Å². The highest BCUT2D eigenvalue weighted by molar-refractivity contribution is 5.09. The van der Waals surface area contributed by atoms with Gasteiger partial charge in [-0.15, -0.1) is 0 Å². The van der Waals surface area contributed by atoms with Gasteiger partial charge in [0.2, 0.25) is 0 Å². The van der Waals surface area contributed by atoms with E-state index in [9.17, 15) is 4.79 Å². The number of hydrogen-bond donors (Lipinski definition) is 0. The molecule has 2 rings (SSSR count). The van der Waals surface area contributed by atoms with Crippen LogP contribution < -0.4 is 5.56 Å². The minimum atomic E-state index is -0.311. The Kier molecular flexibility index (Phi) is 4.30. The molecule has 1 heterocycles. The van der Waals surface area contributed by atoms with Gasteiger partial charge in [0.15, 0.2) is 0 Å². The molecule has 5 nitrogen and oxygen atoms in total. The summed E-state index contributed by atoms with van der Waals surface area (Å²) >= 11 is 0. The summed E-state index contributed by atoms with van der Waals surface area (Å²) in [5.41, 5.74) is 0.771. The van der Waals surface area contributed by atoms with Gasteiger partial charge in [0.25, 0.3) is 5.56 Å². The van der Waals surface area contributed by atoms with E-state index in [-0.39, 0.29) is 11.5 Å². The molecule has 0 amide bonds. The highest BCUT2D eigenvalue weighted by Gasteiger charge is 2.21. The Morgan fingerprint density at radius 2 is 2.26 bits per heavy atom. The quantitative estimate of drug-likeness (QED) is 0.806. The summed E-state index contributed by atoms with van der Waals surface area (Å²) < 4.78 is 1.47. The number of nitrogens with zero attached hydrogens (tertiary/aromatic N) is 4. The standard InChI is InChI=1S/C14H16N4O/c15-6-2-3-11(8-16)9-18-10-17-13(7-14(18)19)12-4-1-5-12/h7,10-12H,1-5,9H2/t11-/m1/s1. The lowest BCUT2D eigenvalue weighted by molar-refractivity contribution is 0.406. The highest BCUT2D eigenvalue weighted by atomic mass is 16.1. The lowest BCUT2D eigenvalue weighted by Crippen LogP contribution is -2.25. The molecule has 1 aromatic rings. The molecular weight excluding hydrogens is 240 g/mol. The van der Waals surface area contributed by atoms with Crippen LogP contribution in [0.15, 0.2) is 17.2 Å². The van der Waals surface area contributed by atoms with Crippen LogP contribution in [0.3, 0.4) is 0 Å². The molecule has 1 atom stereocenters. The molecule has 1 fully saturated rings. The monoisotopic (exact) mass is 256 g/mol. The molecule has 1 saturated carbocycles. The summed E-state index contributed by atoms with van der Waals surface area (Å²) in [6.07, 6.45) is 5.79. The van der Waals surface area contributed by atoms with Gasteiger partial charge >= 0.3 is 0 Å². The van der Waals surface area contributed by atoms with Crippen molar-refractivity contribution in [1.82, 2.24) is 9.55 Å². The lowest BCUT2D eigenvalue weighted by atomic mass is 9.83. The molecule has 5 heteroatoms. The van der Waals surface area contributed by atoms with E-state index >= 15 is 0 Å². The molecule has 0 radical (unpaired) electrons. The van der Waals surface area contributed by atoms with Crippen molar-refractivity contribution in [3.05, 3.63) is 28.4 Å². The first-order valence-electron chi connectivity index (χ1n) is 6.57. The van der Waals surface area contributed by atoms with Crippen molar-refractivity contribution in [1.29, 1.82) is 10.5 Å². The normalized spacial score (nSPS) is 16.1. The third-order valence-electron chi connectivity index (χ3n) is 3.63. The maximum Gasteiger partial charge on any atom is 0.253 e. The molecule has 1 aliphatic rings. The van der Waals surface area contributed by atoms with E-state index in [2.05, 4.69) is 11.1 Å². The molecule has 0 bridgehead atoms. The van der Waals surface area contributed by atoms with Crippen LogP contribution in [0, 0.1) is 28.6 Å². The Hall–Kier alpha value is -2.14. The Morgan fingerprint density at radius 1 is 1.47 bits per heavy atom. The van der Waals surface area contributed by atoms with Crippen molar-refractivity contribution < 1.29 is 0 Å². The molecule has 0 unspecified atom stereocenters. The van der Waals surface area contributed by atoms with Gasteiger partial charge in [-0.2, -0.15) is 10.5 Å². The zero-order valence-electron chi connectivity index (χ0n) is 10.7. The fraction of sp³-hybridized carbons (Fsp3) is 0.571. The predicted molar refractivity (Wildman–Crippen MR) is 69.0 cm³/mol. The van der Waals surface area contributed by atoms with E-state index in [1.807, 2.05) is 6.07 Å². The van der Waals surface area contributed by atoms with E-state index in [1.54, 1.807) is 6.07 Å². The molecule has 98 valence electrons. The summed E-state index contributed by atoms with van der Waals surface area (Å²) in [7, 11) is 0. The van der Waals surface area contributed by atoms with Crippen LogP contribution in [0.25, 0.3) is 0 Å². The Morgan fingerprint density at radius 3 is 2.79 bits per heavy atom. The van der Waals surface area contributed by atoms with Gasteiger partial charge < -0.3 is 0 Å². The average molecular weight is 256 g/mol. The average Bonchev–Trinajstić information content (AvgIpc) is 2.35. The van der Waals surface area contributed by atoms with Gasteiger partial charge in [0.1, 0.15) is 0 Å². The smallest absolute Gasteiger partial charge is 0.253 e. The summed E-state index contributed by atoms with van der Waals surface area (Å²) in [5.74, 6) is 0.126. The van der Waals surface area contributed by atoms with Crippen LogP contribution in [-0.2, 0) is 6.54 Å². The first kappa shape index (κ1) is 13.3. The van der Waals surface area contributed by atoms with Crippen molar-refractivity contribution in [3.63, 3.8) is 0 Å². The molecule has 0 N–H and O–H groups in total. The minimum Gasteiger partial charge on any atom is -0.298 e. The summed E-state index contributed by atoms with van der Waals surface area (Å²) in [4.78, 5) is 16.3. The van der Waals surface area contributed by atoms with Gasteiger partial charge in [-0.1, -0.05) is 6.42 Å². The third-order valence-corrected chi connectivity index (χ3v) is 3.63. The van der Waals surface area contributed by atoms with Gasteiger partial charge in [-0.3, -0.25) is 9.36 Å². The lowest BCUT2D eigenvalue weighted by Gasteiger charge is -2.24. The number of hydrogen-bond acceptors (Lipinski definition) is 4. The first-order valence-corrected chi connectivity index (χ1v) is 6.57. The highest BCUT2D eigenvalue weighted by Crippen LogP contribution is 2.34. The van der Waals surface area contributed by atoms with Crippen LogP contribution in [0.5, 0.6) is 0 Å². The predicted octanol–water partition coefficient (Wildman–Crippen LogP) is 1.95. The van der Waals surface area contributed by atoms with Crippen molar-refractivity contribution in [3.8, 4) is 12.1 Å². The molecular formula is C14H16N4O. The first-order chi connectivity index (χ1) is 9.24. The Labute approximate surface area is 112 Å². The summed E-state index contributed by atoms with van der Waals surface area (Å²) in [5, 5.41) is 17.5. The molecule has 19 heavy (non-hydrogen) atoms.